The van der Waals surface area contributed by atoms with E-state index < -0.39 is 0 Å². The Labute approximate surface area is 122 Å². The van der Waals surface area contributed by atoms with Gasteiger partial charge in [-0.2, -0.15) is 0 Å². The average Bonchev–Trinajstić information content (AvgIpc) is 3.11. The zero-order valence-electron chi connectivity index (χ0n) is 12.1. The predicted molar refractivity (Wildman–Crippen MR) is 75.7 cm³/mol. The van der Waals surface area contributed by atoms with Crippen LogP contribution in [0.1, 0.15) is 11.9 Å². The Kier molecular flexibility index (Phi) is 3.61. The zero-order valence-corrected chi connectivity index (χ0v) is 12.1. The normalized spacial score (nSPS) is 19.7. The number of nitrogens with zero attached hydrogens (tertiary/aromatic N) is 5. The van der Waals surface area contributed by atoms with Gasteiger partial charge in [0.25, 0.3) is 0 Å². The maximum atomic E-state index is 12.3. The average molecular weight is 290 g/mol. The van der Waals surface area contributed by atoms with Gasteiger partial charge in [-0.3, -0.25) is 10.2 Å². The van der Waals surface area contributed by atoms with E-state index in [1.54, 1.807) is 17.2 Å². The molecule has 8 nitrogen and oxygen atoms in total. The van der Waals surface area contributed by atoms with Gasteiger partial charge in [-0.15, -0.1) is 0 Å². The third-order valence-corrected chi connectivity index (χ3v) is 3.76. The van der Waals surface area contributed by atoms with Crippen LogP contribution in [-0.4, -0.2) is 57.2 Å². The summed E-state index contributed by atoms with van der Waals surface area (Å²) in [6.45, 7) is 2.05. The monoisotopic (exact) mass is 290 g/mol. The van der Waals surface area contributed by atoms with Gasteiger partial charge in [-0.05, 0) is 7.05 Å². The minimum absolute atomic E-state index is 0.0850. The fraction of sp³-hybridized carbons (Fsp3) is 0.462. The number of imidazole rings is 1. The number of carbonyl (C=O) groups is 1. The molecular formula is C13H18N6O2. The molecule has 3 rings (SSSR count). The van der Waals surface area contributed by atoms with Crippen LogP contribution in [0.2, 0.25) is 0 Å². The van der Waals surface area contributed by atoms with Crippen molar-refractivity contribution in [3.05, 3.63) is 30.5 Å². The molecule has 1 saturated heterocycles. The number of piperazine rings is 1. The van der Waals surface area contributed by atoms with Crippen molar-refractivity contribution in [2.75, 3.05) is 32.0 Å². The molecule has 1 aliphatic heterocycles. The molecule has 0 aliphatic carbocycles. The third kappa shape index (κ3) is 2.75. The maximum absolute atomic E-state index is 12.3. The highest BCUT2D eigenvalue weighted by Gasteiger charge is 2.30. The van der Waals surface area contributed by atoms with E-state index in [1.807, 2.05) is 24.9 Å². The number of aromatic nitrogens is 3. The van der Waals surface area contributed by atoms with Crippen molar-refractivity contribution in [3.63, 3.8) is 0 Å². The molecule has 1 aliphatic rings. The Morgan fingerprint density at radius 3 is 2.95 bits per heavy atom. The summed E-state index contributed by atoms with van der Waals surface area (Å²) in [4.78, 5) is 20.6. The van der Waals surface area contributed by atoms with E-state index in [1.165, 1.54) is 6.26 Å². The van der Waals surface area contributed by atoms with Gasteiger partial charge in [0.15, 0.2) is 5.82 Å². The Balaban J connectivity index is 1.70. The van der Waals surface area contributed by atoms with E-state index in [0.29, 0.717) is 18.9 Å². The van der Waals surface area contributed by atoms with Gasteiger partial charge < -0.3 is 14.0 Å². The van der Waals surface area contributed by atoms with Gasteiger partial charge in [0.1, 0.15) is 12.1 Å². The SMILES string of the molecule is CN1CCN(C(=O)Nc2ccon2)C[C@H]1c1nccn1C. The summed E-state index contributed by atoms with van der Waals surface area (Å²) in [7, 11) is 4.01. The van der Waals surface area contributed by atoms with Crippen molar-refractivity contribution in [2.45, 2.75) is 6.04 Å². The van der Waals surface area contributed by atoms with Gasteiger partial charge in [-0.1, -0.05) is 5.16 Å². The first-order chi connectivity index (χ1) is 10.1. The lowest BCUT2D eigenvalue weighted by Gasteiger charge is -2.38. The van der Waals surface area contributed by atoms with E-state index in [0.717, 1.165) is 12.4 Å². The highest BCUT2D eigenvalue weighted by atomic mass is 16.5. The Morgan fingerprint density at radius 1 is 1.43 bits per heavy atom. The third-order valence-electron chi connectivity index (χ3n) is 3.76. The molecule has 0 spiro atoms. The summed E-state index contributed by atoms with van der Waals surface area (Å²) < 4.78 is 6.70. The quantitative estimate of drug-likeness (QED) is 0.890. The first-order valence-electron chi connectivity index (χ1n) is 6.79. The molecule has 1 fully saturated rings. The first kappa shape index (κ1) is 13.6. The molecule has 0 saturated carbocycles. The van der Waals surface area contributed by atoms with Crippen molar-refractivity contribution in [2.24, 2.45) is 7.05 Å². The predicted octanol–water partition coefficient (Wildman–Crippen LogP) is 0.929. The van der Waals surface area contributed by atoms with Crippen LogP contribution in [0.5, 0.6) is 0 Å². The van der Waals surface area contributed by atoms with Crippen LogP contribution in [0.4, 0.5) is 10.6 Å². The van der Waals surface area contributed by atoms with Crippen LogP contribution < -0.4 is 5.32 Å². The summed E-state index contributed by atoms with van der Waals surface area (Å²) in [6.07, 6.45) is 5.12. The second kappa shape index (κ2) is 5.57. The second-order valence-corrected chi connectivity index (χ2v) is 5.15. The molecule has 2 aromatic rings. The van der Waals surface area contributed by atoms with E-state index in [-0.39, 0.29) is 12.1 Å². The van der Waals surface area contributed by atoms with E-state index in [9.17, 15) is 4.79 Å². The Hall–Kier alpha value is -2.35. The number of hydrogen-bond acceptors (Lipinski definition) is 5. The number of rotatable bonds is 2. The van der Waals surface area contributed by atoms with Crippen LogP contribution >= 0.6 is 0 Å². The molecule has 21 heavy (non-hydrogen) atoms. The smallest absolute Gasteiger partial charge is 0.323 e. The van der Waals surface area contributed by atoms with E-state index in [4.69, 9.17) is 4.52 Å². The number of hydrogen-bond donors (Lipinski definition) is 1. The molecule has 8 heteroatoms. The minimum atomic E-state index is -0.170. The summed E-state index contributed by atoms with van der Waals surface area (Å²) in [5, 5.41) is 6.41. The van der Waals surface area contributed by atoms with Gasteiger partial charge in [-0.25, -0.2) is 9.78 Å². The van der Waals surface area contributed by atoms with Gasteiger partial charge in [0.05, 0.1) is 6.04 Å². The van der Waals surface area contributed by atoms with Crippen LogP contribution in [0.15, 0.2) is 29.2 Å². The van der Waals surface area contributed by atoms with Crippen LogP contribution in [-0.2, 0) is 7.05 Å². The maximum Gasteiger partial charge on any atom is 0.323 e. The lowest BCUT2D eigenvalue weighted by molar-refractivity contribution is 0.110. The summed E-state index contributed by atoms with van der Waals surface area (Å²) in [5.41, 5.74) is 0. The summed E-state index contributed by atoms with van der Waals surface area (Å²) in [6, 6.07) is 1.53. The fourth-order valence-electron chi connectivity index (χ4n) is 2.50. The lowest BCUT2D eigenvalue weighted by Crippen LogP contribution is -2.50. The molecule has 2 amide bonds. The Bertz CT molecular complexity index is 608. The van der Waals surface area contributed by atoms with Gasteiger partial charge >= 0.3 is 6.03 Å². The molecule has 0 radical (unpaired) electrons. The van der Waals surface area contributed by atoms with Crippen molar-refractivity contribution in [1.82, 2.24) is 24.5 Å². The Morgan fingerprint density at radius 2 is 2.29 bits per heavy atom. The fourth-order valence-corrected chi connectivity index (χ4v) is 2.50. The molecule has 3 heterocycles. The van der Waals surface area contributed by atoms with Crippen molar-refractivity contribution >= 4 is 11.8 Å². The topological polar surface area (TPSA) is 79.4 Å². The number of aryl methyl sites for hydroxylation is 1. The van der Waals surface area contributed by atoms with Crippen LogP contribution in [0.3, 0.4) is 0 Å². The molecule has 1 N–H and O–H groups in total. The standard InChI is InChI=1S/C13H18N6O2/c1-17-6-7-19(13(20)15-11-3-8-21-16-11)9-10(17)12-14-4-5-18(12)2/h3-5,8,10H,6-7,9H2,1-2H3,(H,15,16,20)/t10-/m0/s1. The number of nitrogens with one attached hydrogen (secondary N) is 1. The largest absolute Gasteiger partial charge is 0.363 e. The zero-order chi connectivity index (χ0) is 14.8. The van der Waals surface area contributed by atoms with Gasteiger partial charge in [0.2, 0.25) is 0 Å². The van der Waals surface area contributed by atoms with Crippen molar-refractivity contribution < 1.29 is 9.32 Å². The van der Waals surface area contributed by atoms with Crippen molar-refractivity contribution in [3.8, 4) is 0 Å². The lowest BCUT2D eigenvalue weighted by atomic mass is 10.1. The minimum Gasteiger partial charge on any atom is -0.363 e. The van der Waals surface area contributed by atoms with Gasteiger partial charge in [0, 0.05) is 45.1 Å². The molecule has 0 bridgehead atoms. The number of likely N-dealkylation sites (N-methyl/N-ethyl adjacent to an activating group) is 1. The summed E-state index contributed by atoms with van der Waals surface area (Å²) in [5.74, 6) is 1.38. The number of urea groups is 1. The number of anilines is 1. The highest BCUT2D eigenvalue weighted by Crippen LogP contribution is 2.22. The molecule has 0 unspecified atom stereocenters. The highest BCUT2D eigenvalue weighted by molar-refractivity contribution is 5.88. The van der Waals surface area contributed by atoms with Crippen molar-refractivity contribution in [1.29, 1.82) is 0 Å². The molecule has 0 aromatic carbocycles. The first-order valence-corrected chi connectivity index (χ1v) is 6.79. The second-order valence-electron chi connectivity index (χ2n) is 5.15. The molecule has 2 aromatic heterocycles. The van der Waals surface area contributed by atoms with Crippen LogP contribution in [0.25, 0.3) is 0 Å². The number of carbonyl (C=O) groups excluding carboxylic acids is 1. The van der Waals surface area contributed by atoms with E-state index in [2.05, 4.69) is 20.4 Å². The van der Waals surface area contributed by atoms with E-state index >= 15 is 0 Å². The molecule has 112 valence electrons. The van der Waals surface area contributed by atoms with Crippen LogP contribution in [0, 0.1) is 0 Å². The molecular weight excluding hydrogens is 272 g/mol. The number of amides is 2. The summed E-state index contributed by atoms with van der Waals surface area (Å²) >= 11 is 0. The molecule has 1 atom stereocenters.